The Morgan fingerprint density at radius 1 is 1.08 bits per heavy atom. The molecule has 1 unspecified atom stereocenters. The monoisotopic (exact) mass is 343 g/mol. The van der Waals surface area contributed by atoms with Crippen LogP contribution in [0, 0.1) is 0 Å². The second-order valence-corrected chi connectivity index (χ2v) is 5.46. The zero-order valence-electron chi connectivity index (χ0n) is 14.0. The summed E-state index contributed by atoms with van der Waals surface area (Å²) in [5, 5.41) is 11.6. The van der Waals surface area contributed by atoms with Gasteiger partial charge in [-0.2, -0.15) is 0 Å². The first-order chi connectivity index (χ1) is 12.1. The summed E-state index contributed by atoms with van der Waals surface area (Å²) in [4.78, 5) is 22.9. The number of benzene rings is 2. The molecule has 1 amide bonds. The molecule has 0 aliphatic heterocycles. The number of ether oxygens (including phenoxy) is 2. The molecule has 0 spiro atoms. The van der Waals surface area contributed by atoms with E-state index >= 15 is 0 Å². The highest BCUT2D eigenvalue weighted by atomic mass is 16.5. The van der Waals surface area contributed by atoms with Crippen molar-refractivity contribution in [3.05, 3.63) is 65.7 Å². The number of rotatable bonds is 8. The predicted octanol–water partition coefficient (Wildman–Crippen LogP) is 3.53. The van der Waals surface area contributed by atoms with Crippen LogP contribution in [0.15, 0.2) is 54.6 Å². The largest absolute Gasteiger partial charge is 0.497 e. The lowest BCUT2D eigenvalue weighted by atomic mass is 10.0. The van der Waals surface area contributed by atoms with E-state index in [4.69, 9.17) is 14.6 Å². The van der Waals surface area contributed by atoms with Gasteiger partial charge >= 0.3 is 12.1 Å². The lowest BCUT2D eigenvalue weighted by Crippen LogP contribution is -2.29. The molecule has 0 aliphatic rings. The second kappa shape index (κ2) is 9.32. The summed E-state index contributed by atoms with van der Waals surface area (Å²) < 4.78 is 10.3. The number of hydrogen-bond donors (Lipinski definition) is 2. The Kier molecular flexibility index (Phi) is 6.83. The van der Waals surface area contributed by atoms with Gasteiger partial charge in [0.25, 0.3) is 0 Å². The van der Waals surface area contributed by atoms with Crippen molar-refractivity contribution in [2.45, 2.75) is 25.5 Å². The molecule has 0 saturated carbocycles. The van der Waals surface area contributed by atoms with E-state index in [1.165, 1.54) is 0 Å². The highest BCUT2D eigenvalue weighted by Gasteiger charge is 2.17. The van der Waals surface area contributed by atoms with Gasteiger partial charge in [0.05, 0.1) is 13.2 Å². The lowest BCUT2D eigenvalue weighted by molar-refractivity contribution is -0.137. The van der Waals surface area contributed by atoms with Crippen molar-refractivity contribution < 1.29 is 24.2 Å². The van der Waals surface area contributed by atoms with Crippen molar-refractivity contribution in [1.82, 2.24) is 5.32 Å². The Labute approximate surface area is 146 Å². The number of methoxy groups -OCH3 is 1. The summed E-state index contributed by atoms with van der Waals surface area (Å²) in [6, 6.07) is 16.0. The van der Waals surface area contributed by atoms with Crippen LogP contribution in [0.25, 0.3) is 0 Å². The van der Waals surface area contributed by atoms with Gasteiger partial charge in [-0.1, -0.05) is 42.5 Å². The maximum absolute atomic E-state index is 12.1. The fourth-order valence-corrected chi connectivity index (χ4v) is 2.33. The number of nitrogens with one attached hydrogen (secondary N) is 1. The van der Waals surface area contributed by atoms with Gasteiger partial charge in [0.1, 0.15) is 12.4 Å². The third-order valence-electron chi connectivity index (χ3n) is 3.67. The predicted molar refractivity (Wildman–Crippen MR) is 92.4 cm³/mol. The zero-order chi connectivity index (χ0) is 18.1. The number of carbonyl (C=O) groups excluding carboxylic acids is 1. The topological polar surface area (TPSA) is 84.9 Å². The van der Waals surface area contributed by atoms with Crippen molar-refractivity contribution >= 4 is 12.1 Å². The first-order valence-electron chi connectivity index (χ1n) is 7.91. The Bertz CT molecular complexity index is 685. The van der Waals surface area contributed by atoms with E-state index < -0.39 is 18.1 Å². The minimum atomic E-state index is -0.919. The molecule has 0 bridgehead atoms. The molecule has 6 heteroatoms. The maximum Gasteiger partial charge on any atom is 0.407 e. The summed E-state index contributed by atoms with van der Waals surface area (Å²) in [6.45, 7) is 0.154. The molecule has 6 nitrogen and oxygen atoms in total. The van der Waals surface area contributed by atoms with Gasteiger partial charge in [-0.15, -0.1) is 0 Å². The van der Waals surface area contributed by atoms with E-state index in [0.29, 0.717) is 5.75 Å². The normalized spacial score (nSPS) is 11.4. The molecule has 132 valence electrons. The summed E-state index contributed by atoms with van der Waals surface area (Å²) in [7, 11) is 1.57. The van der Waals surface area contributed by atoms with Gasteiger partial charge in [0, 0.05) is 6.42 Å². The standard InChI is InChI=1S/C19H21NO5/c1-24-16-9-7-15(8-10-16)17(11-12-18(21)22)20-19(23)25-13-14-5-3-2-4-6-14/h2-10,17H,11-13H2,1H3,(H,20,23)(H,21,22). The van der Waals surface area contributed by atoms with E-state index in [2.05, 4.69) is 5.32 Å². The number of carboxylic acids is 1. The molecule has 2 aromatic carbocycles. The highest BCUT2D eigenvalue weighted by Crippen LogP contribution is 2.22. The summed E-state index contributed by atoms with van der Waals surface area (Å²) in [6.07, 6.45) is -0.382. The van der Waals surface area contributed by atoms with Crippen molar-refractivity contribution in [3.63, 3.8) is 0 Å². The zero-order valence-corrected chi connectivity index (χ0v) is 14.0. The molecule has 2 aromatic rings. The quantitative estimate of drug-likeness (QED) is 0.766. The Hall–Kier alpha value is -3.02. The highest BCUT2D eigenvalue weighted by molar-refractivity contribution is 5.69. The smallest absolute Gasteiger partial charge is 0.407 e. The first-order valence-corrected chi connectivity index (χ1v) is 7.91. The third kappa shape index (κ3) is 6.18. The van der Waals surface area contributed by atoms with E-state index in [-0.39, 0.29) is 19.4 Å². The van der Waals surface area contributed by atoms with Crippen molar-refractivity contribution in [1.29, 1.82) is 0 Å². The molecule has 0 radical (unpaired) electrons. The summed E-state index contributed by atoms with van der Waals surface area (Å²) >= 11 is 0. The van der Waals surface area contributed by atoms with Gasteiger partial charge < -0.3 is 19.9 Å². The SMILES string of the molecule is COc1ccc(C(CCC(=O)O)NC(=O)OCc2ccccc2)cc1. The van der Waals surface area contributed by atoms with Crippen LogP contribution in [-0.4, -0.2) is 24.3 Å². The number of alkyl carbamates (subject to hydrolysis) is 1. The molecule has 2 rings (SSSR count). The molecule has 25 heavy (non-hydrogen) atoms. The molecule has 1 atom stereocenters. The average molecular weight is 343 g/mol. The van der Waals surface area contributed by atoms with Gasteiger partial charge in [-0.05, 0) is 29.7 Å². The van der Waals surface area contributed by atoms with Crippen LogP contribution in [0.1, 0.15) is 30.0 Å². The van der Waals surface area contributed by atoms with Gasteiger partial charge in [-0.3, -0.25) is 4.79 Å². The fraction of sp³-hybridized carbons (Fsp3) is 0.263. The molecule has 0 fully saturated rings. The molecular weight excluding hydrogens is 322 g/mol. The summed E-state index contributed by atoms with van der Waals surface area (Å²) in [5.74, 6) is -0.231. The number of aliphatic carboxylic acids is 1. The van der Waals surface area contributed by atoms with Gasteiger partial charge in [0.2, 0.25) is 0 Å². The van der Waals surface area contributed by atoms with Crippen molar-refractivity contribution in [2.24, 2.45) is 0 Å². The van der Waals surface area contributed by atoms with Crippen molar-refractivity contribution in [2.75, 3.05) is 7.11 Å². The first kappa shape index (κ1) is 18.3. The second-order valence-electron chi connectivity index (χ2n) is 5.46. The molecule has 2 N–H and O–H groups in total. The Morgan fingerprint density at radius 3 is 2.36 bits per heavy atom. The Morgan fingerprint density at radius 2 is 1.76 bits per heavy atom. The third-order valence-corrected chi connectivity index (χ3v) is 3.67. The van der Waals surface area contributed by atoms with Crippen molar-refractivity contribution in [3.8, 4) is 5.75 Å². The minimum absolute atomic E-state index is 0.0599. The van der Waals surface area contributed by atoms with Crippen LogP contribution in [0.2, 0.25) is 0 Å². The van der Waals surface area contributed by atoms with Gasteiger partial charge in [-0.25, -0.2) is 4.79 Å². The van der Waals surface area contributed by atoms with Crippen LogP contribution in [0.3, 0.4) is 0 Å². The van der Waals surface area contributed by atoms with E-state index in [9.17, 15) is 9.59 Å². The van der Waals surface area contributed by atoms with Crippen LogP contribution < -0.4 is 10.1 Å². The van der Waals surface area contributed by atoms with E-state index in [0.717, 1.165) is 11.1 Å². The van der Waals surface area contributed by atoms with E-state index in [1.54, 1.807) is 31.4 Å². The molecule has 0 aromatic heterocycles. The van der Waals surface area contributed by atoms with Crippen LogP contribution in [0.4, 0.5) is 4.79 Å². The van der Waals surface area contributed by atoms with Crippen LogP contribution in [-0.2, 0) is 16.1 Å². The molecule has 0 aliphatic carbocycles. The average Bonchev–Trinajstić information content (AvgIpc) is 2.64. The number of hydrogen-bond acceptors (Lipinski definition) is 4. The van der Waals surface area contributed by atoms with Crippen LogP contribution >= 0.6 is 0 Å². The molecule has 0 saturated heterocycles. The number of carbonyl (C=O) groups is 2. The number of amides is 1. The van der Waals surface area contributed by atoms with Gasteiger partial charge in [0.15, 0.2) is 0 Å². The lowest BCUT2D eigenvalue weighted by Gasteiger charge is -2.18. The molecular formula is C19H21NO5. The Balaban J connectivity index is 1.98. The molecule has 0 heterocycles. The van der Waals surface area contributed by atoms with E-state index in [1.807, 2.05) is 30.3 Å². The summed E-state index contributed by atoms with van der Waals surface area (Å²) in [5.41, 5.74) is 1.67. The number of carboxylic acid groups (broad SMARTS) is 1. The van der Waals surface area contributed by atoms with Crippen LogP contribution in [0.5, 0.6) is 5.75 Å². The minimum Gasteiger partial charge on any atom is -0.497 e. The maximum atomic E-state index is 12.1. The fourth-order valence-electron chi connectivity index (χ4n) is 2.33.